The third-order valence-corrected chi connectivity index (χ3v) is 8.07. The molecule has 0 aromatic heterocycles. The van der Waals surface area contributed by atoms with Gasteiger partial charge < -0.3 is 39.7 Å². The highest BCUT2D eigenvalue weighted by Crippen LogP contribution is 2.17. The van der Waals surface area contributed by atoms with Crippen LogP contribution in [0.5, 0.6) is 0 Å². The number of carbonyl (C=O) groups is 5. The summed E-state index contributed by atoms with van der Waals surface area (Å²) in [4.78, 5) is 60.2. The first-order valence-corrected chi connectivity index (χ1v) is 18.6. The van der Waals surface area contributed by atoms with E-state index >= 15 is 0 Å². The van der Waals surface area contributed by atoms with Gasteiger partial charge in [-0.3, -0.25) is 19.3 Å². The first-order valence-electron chi connectivity index (χ1n) is 18.6. The zero-order valence-electron chi connectivity index (χ0n) is 30.0. The lowest BCUT2D eigenvalue weighted by Gasteiger charge is -2.27. The van der Waals surface area contributed by atoms with Crippen molar-refractivity contribution in [3.8, 4) is 0 Å². The minimum absolute atomic E-state index is 0.0250. The number of hydrogen-bond donors (Lipinski definition) is 3. The predicted octanol–water partition coefficient (Wildman–Crippen LogP) is 5.30. The van der Waals surface area contributed by atoms with Gasteiger partial charge in [-0.2, -0.15) is 0 Å². The highest BCUT2D eigenvalue weighted by atomic mass is 16.6. The van der Waals surface area contributed by atoms with Gasteiger partial charge in [-0.05, 0) is 19.3 Å². The molecule has 286 valence electrons. The van der Waals surface area contributed by atoms with Crippen molar-refractivity contribution >= 4 is 30.0 Å². The van der Waals surface area contributed by atoms with Crippen LogP contribution in [0.15, 0.2) is 0 Å². The molecule has 49 heavy (non-hydrogen) atoms. The number of ether oxygens (including phenoxy) is 4. The molecule has 0 radical (unpaired) electrons. The van der Waals surface area contributed by atoms with Crippen molar-refractivity contribution in [1.82, 2.24) is 4.90 Å². The van der Waals surface area contributed by atoms with E-state index in [0.717, 1.165) is 49.7 Å². The van der Waals surface area contributed by atoms with E-state index in [1.54, 1.807) is 0 Å². The highest BCUT2D eigenvalue weighted by Gasteiger charge is 2.34. The lowest BCUT2D eigenvalue weighted by Crippen LogP contribution is -2.49. The number of nitrogens with two attached hydrogens (primary N) is 1. The van der Waals surface area contributed by atoms with Crippen LogP contribution < -0.4 is 5.73 Å². The fraction of sp³-hybridized carbons (Fsp3) is 0.861. The maximum atomic E-state index is 13.1. The molecule has 0 aliphatic heterocycles. The van der Waals surface area contributed by atoms with Gasteiger partial charge in [0.15, 0.2) is 0 Å². The Morgan fingerprint density at radius 1 is 0.531 bits per heavy atom. The second-order valence-corrected chi connectivity index (χ2v) is 12.3. The van der Waals surface area contributed by atoms with Crippen LogP contribution in [0.25, 0.3) is 0 Å². The van der Waals surface area contributed by atoms with Gasteiger partial charge in [-0.15, -0.1) is 0 Å². The number of carboxylic acids is 2. The molecule has 0 aliphatic carbocycles. The van der Waals surface area contributed by atoms with Gasteiger partial charge in [0.25, 0.3) is 0 Å². The first kappa shape index (κ1) is 46.5. The molecule has 1 atom stereocenters. The van der Waals surface area contributed by atoms with Gasteiger partial charge >= 0.3 is 11.9 Å². The summed E-state index contributed by atoms with van der Waals surface area (Å²) < 4.78 is 21.4. The van der Waals surface area contributed by atoms with Gasteiger partial charge in [0.2, 0.25) is 11.8 Å². The Morgan fingerprint density at radius 3 is 1.33 bits per heavy atom. The molecule has 0 saturated carbocycles. The van der Waals surface area contributed by atoms with Crippen molar-refractivity contribution in [1.29, 1.82) is 0 Å². The van der Waals surface area contributed by atoms with Crippen molar-refractivity contribution in [2.45, 2.75) is 141 Å². The zero-order valence-corrected chi connectivity index (χ0v) is 30.0. The second kappa shape index (κ2) is 35.4. The van der Waals surface area contributed by atoms with Gasteiger partial charge in [-0.1, -0.05) is 89.9 Å². The van der Waals surface area contributed by atoms with Crippen LogP contribution in [0, 0.1) is 0 Å². The van der Waals surface area contributed by atoms with E-state index in [-0.39, 0.29) is 39.1 Å². The number of carboxylic acid groups (broad SMARTS) is 2. The monoisotopic (exact) mass is 702 g/mol. The van der Waals surface area contributed by atoms with E-state index in [2.05, 4.69) is 0 Å². The van der Waals surface area contributed by atoms with E-state index < -0.39 is 36.2 Å². The van der Waals surface area contributed by atoms with Crippen LogP contribution in [0.3, 0.4) is 0 Å². The van der Waals surface area contributed by atoms with E-state index in [0.29, 0.717) is 52.4 Å². The number of carbonyl (C=O) groups excluding carboxylic acids is 3. The number of nitrogens with zero attached hydrogens (tertiary/aromatic N) is 1. The van der Waals surface area contributed by atoms with E-state index in [4.69, 9.17) is 29.8 Å². The summed E-state index contributed by atoms with van der Waals surface area (Å²) in [5.41, 5.74) is 5.33. The molecule has 13 nitrogen and oxygen atoms in total. The van der Waals surface area contributed by atoms with Crippen molar-refractivity contribution in [3.05, 3.63) is 0 Å². The summed E-state index contributed by atoms with van der Waals surface area (Å²) in [6.07, 6.45) is 18.6. The molecule has 0 rings (SSSR count). The summed E-state index contributed by atoms with van der Waals surface area (Å²) in [5, 5.41) is 18.8. The molecule has 0 aromatic rings. The van der Waals surface area contributed by atoms with Gasteiger partial charge in [0, 0.05) is 25.8 Å². The smallest absolute Gasteiger partial charge is 0.326 e. The maximum Gasteiger partial charge on any atom is 0.326 e. The summed E-state index contributed by atoms with van der Waals surface area (Å²) in [6, 6.07) is -1.54. The Kier molecular flexibility index (Phi) is 33.6. The summed E-state index contributed by atoms with van der Waals surface area (Å²) >= 11 is 0. The average molecular weight is 703 g/mol. The number of aliphatic carboxylic acids is 2. The maximum absolute atomic E-state index is 13.1. The number of aldehydes is 1. The van der Waals surface area contributed by atoms with Crippen molar-refractivity contribution in [2.24, 2.45) is 5.73 Å². The Balaban J connectivity index is 4.25. The minimum Gasteiger partial charge on any atom is -0.481 e. The molecule has 0 aliphatic rings. The quantitative estimate of drug-likeness (QED) is 0.0557. The van der Waals surface area contributed by atoms with Crippen LogP contribution in [-0.2, 0) is 42.9 Å². The largest absolute Gasteiger partial charge is 0.481 e. The fourth-order valence-corrected chi connectivity index (χ4v) is 5.33. The summed E-state index contributed by atoms with van der Waals surface area (Å²) in [5.74, 6) is -3.90. The van der Waals surface area contributed by atoms with E-state index in [1.807, 2.05) is 0 Å². The number of imide groups is 1. The fourth-order valence-electron chi connectivity index (χ4n) is 5.33. The lowest BCUT2D eigenvalue weighted by atomic mass is 10.0. The van der Waals surface area contributed by atoms with Crippen molar-refractivity contribution in [2.75, 3.05) is 59.4 Å². The second-order valence-electron chi connectivity index (χ2n) is 12.3. The Hall–Kier alpha value is -2.45. The third kappa shape index (κ3) is 30.1. The number of unbranched alkanes of at least 4 members (excludes halogenated alkanes) is 16. The van der Waals surface area contributed by atoms with Gasteiger partial charge in [0.05, 0.1) is 59.3 Å². The SMILES string of the molecule is NCCOCCOCCOCCOCCC(=O)N(C(=O)CCCCCCCCCCCCCCCCCCC=O)[C@@H](CCC(=O)O)C(=O)O. The Bertz CT molecular complexity index is 844. The summed E-state index contributed by atoms with van der Waals surface area (Å²) in [6.45, 7) is 3.04. The van der Waals surface area contributed by atoms with Crippen LogP contribution in [0.1, 0.15) is 135 Å². The zero-order chi connectivity index (χ0) is 36.2. The van der Waals surface area contributed by atoms with Gasteiger partial charge in [0.1, 0.15) is 12.3 Å². The molecule has 13 heteroatoms. The summed E-state index contributed by atoms with van der Waals surface area (Å²) in [7, 11) is 0. The molecule has 0 saturated heterocycles. The topological polar surface area (TPSA) is 192 Å². The predicted molar refractivity (Wildman–Crippen MR) is 186 cm³/mol. The number of rotatable bonds is 38. The van der Waals surface area contributed by atoms with Crippen LogP contribution in [0.2, 0.25) is 0 Å². The average Bonchev–Trinajstić information content (AvgIpc) is 3.07. The molecule has 0 heterocycles. The van der Waals surface area contributed by atoms with Crippen LogP contribution in [0.4, 0.5) is 0 Å². The molecule has 0 fully saturated rings. The van der Waals surface area contributed by atoms with E-state index in [9.17, 15) is 29.1 Å². The van der Waals surface area contributed by atoms with Crippen LogP contribution >= 0.6 is 0 Å². The number of hydrogen-bond acceptors (Lipinski definition) is 10. The molecular weight excluding hydrogens is 636 g/mol. The molecule has 0 spiro atoms. The number of amides is 2. The third-order valence-electron chi connectivity index (χ3n) is 8.07. The van der Waals surface area contributed by atoms with E-state index in [1.165, 1.54) is 57.8 Å². The van der Waals surface area contributed by atoms with Crippen molar-refractivity contribution in [3.63, 3.8) is 0 Å². The molecular formula is C36H66N2O11. The standard InChI is InChI=1S/C36H66N2O11/c37-22-25-47-27-29-49-31-30-48-28-26-46-24-21-34(41)38(32(36(44)45)19-20-35(42)43)33(40)18-16-14-12-10-8-6-4-2-1-3-5-7-9-11-13-15-17-23-39/h23,32H,1-22,24-31,37H2,(H,42,43)(H,44,45)/t32-/m0/s1. The minimum atomic E-state index is -1.54. The normalized spacial score (nSPS) is 11.8. The molecule has 2 amide bonds. The van der Waals surface area contributed by atoms with Crippen molar-refractivity contribution < 1.29 is 53.1 Å². The molecule has 0 unspecified atom stereocenters. The first-order chi connectivity index (χ1) is 23.8. The Morgan fingerprint density at radius 2 is 0.918 bits per heavy atom. The molecule has 0 aromatic carbocycles. The Labute approximate surface area is 293 Å². The van der Waals surface area contributed by atoms with Gasteiger partial charge in [-0.25, -0.2) is 4.79 Å². The lowest BCUT2D eigenvalue weighted by molar-refractivity contribution is -0.159. The van der Waals surface area contributed by atoms with Crippen LogP contribution in [-0.4, -0.2) is 111 Å². The molecule has 0 bridgehead atoms. The molecule has 4 N–H and O–H groups in total. The highest BCUT2D eigenvalue weighted by molar-refractivity contribution is 5.99.